The van der Waals surface area contributed by atoms with E-state index in [0.717, 1.165) is 6.07 Å². The van der Waals surface area contributed by atoms with E-state index in [4.69, 9.17) is 4.74 Å². The Bertz CT molecular complexity index is 710. The van der Waals surface area contributed by atoms with Crippen LogP contribution >= 0.6 is 0 Å². The first-order valence-corrected chi connectivity index (χ1v) is 6.60. The van der Waals surface area contributed by atoms with Crippen LogP contribution in [0.1, 0.15) is 15.9 Å². The van der Waals surface area contributed by atoms with Crippen molar-refractivity contribution >= 4 is 11.9 Å². The summed E-state index contributed by atoms with van der Waals surface area (Å²) in [6.07, 6.45) is 2.66. The number of allylic oxidation sites excluding steroid dienone is 1. The highest BCUT2D eigenvalue weighted by atomic mass is 19.3. The van der Waals surface area contributed by atoms with Gasteiger partial charge in [0.1, 0.15) is 17.3 Å². The molecule has 0 N–H and O–H groups in total. The second kappa shape index (κ2) is 7.49. The molecular formula is C17H13F3O3. The Hall–Kier alpha value is -2.76. The van der Waals surface area contributed by atoms with Crippen LogP contribution in [0.15, 0.2) is 48.5 Å². The van der Waals surface area contributed by atoms with Crippen molar-refractivity contribution in [2.45, 2.75) is 6.61 Å². The maximum absolute atomic E-state index is 13.8. The lowest BCUT2D eigenvalue weighted by atomic mass is 10.1. The number of ketones is 1. The average molecular weight is 322 g/mol. The molecule has 0 atom stereocenters. The highest BCUT2D eigenvalue weighted by Crippen LogP contribution is 2.18. The Morgan fingerprint density at radius 3 is 2.30 bits per heavy atom. The van der Waals surface area contributed by atoms with Crippen LogP contribution in [0.3, 0.4) is 0 Å². The monoisotopic (exact) mass is 322 g/mol. The van der Waals surface area contributed by atoms with Gasteiger partial charge in [-0.2, -0.15) is 8.78 Å². The van der Waals surface area contributed by atoms with Crippen LogP contribution in [-0.4, -0.2) is 19.5 Å². The van der Waals surface area contributed by atoms with Crippen molar-refractivity contribution in [3.05, 3.63) is 65.5 Å². The largest absolute Gasteiger partial charge is 0.497 e. The molecule has 0 amide bonds. The molecule has 0 bridgehead atoms. The predicted molar refractivity (Wildman–Crippen MR) is 79.4 cm³/mol. The second-order valence-electron chi connectivity index (χ2n) is 4.49. The minimum Gasteiger partial charge on any atom is -0.497 e. The minimum absolute atomic E-state index is 0.0182. The Balaban J connectivity index is 2.09. The van der Waals surface area contributed by atoms with E-state index >= 15 is 0 Å². The molecule has 120 valence electrons. The summed E-state index contributed by atoms with van der Waals surface area (Å²) in [6.45, 7) is -2.89. The van der Waals surface area contributed by atoms with Crippen molar-refractivity contribution in [2.24, 2.45) is 0 Å². The Morgan fingerprint density at radius 1 is 1.09 bits per heavy atom. The summed E-state index contributed by atoms with van der Waals surface area (Å²) >= 11 is 0. The number of ether oxygens (including phenoxy) is 2. The topological polar surface area (TPSA) is 35.5 Å². The number of methoxy groups -OCH3 is 1. The van der Waals surface area contributed by atoms with Crippen LogP contribution in [0.5, 0.6) is 11.5 Å². The molecule has 0 saturated heterocycles. The second-order valence-corrected chi connectivity index (χ2v) is 4.49. The first-order chi connectivity index (χ1) is 11.0. The van der Waals surface area contributed by atoms with Crippen molar-refractivity contribution in [2.75, 3.05) is 7.11 Å². The van der Waals surface area contributed by atoms with E-state index in [1.165, 1.54) is 55.7 Å². The molecular weight excluding hydrogens is 309 g/mol. The first-order valence-electron chi connectivity index (χ1n) is 6.60. The third kappa shape index (κ3) is 4.60. The molecule has 23 heavy (non-hydrogen) atoms. The zero-order valence-electron chi connectivity index (χ0n) is 12.1. The van der Waals surface area contributed by atoms with E-state index in [1.807, 2.05) is 0 Å². The quantitative estimate of drug-likeness (QED) is 0.586. The molecule has 0 aromatic heterocycles. The standard InChI is InChI=1S/C17H13F3O3/c1-22-13-7-8-14(15(18)10-13)16(21)9-4-11-2-5-12(6-3-11)23-17(19)20/h2-10,17H,1H3/b9-4+. The Labute approximate surface area is 131 Å². The fourth-order valence-corrected chi connectivity index (χ4v) is 1.84. The molecule has 0 aliphatic rings. The van der Waals surface area contributed by atoms with E-state index in [9.17, 15) is 18.0 Å². The zero-order valence-corrected chi connectivity index (χ0v) is 12.1. The van der Waals surface area contributed by atoms with E-state index in [-0.39, 0.29) is 11.3 Å². The molecule has 0 heterocycles. The number of rotatable bonds is 6. The number of hydrogen-bond donors (Lipinski definition) is 0. The van der Waals surface area contributed by atoms with Gasteiger partial charge in [0.15, 0.2) is 5.78 Å². The van der Waals surface area contributed by atoms with Gasteiger partial charge in [-0.15, -0.1) is 0 Å². The van der Waals surface area contributed by atoms with Crippen LogP contribution < -0.4 is 9.47 Å². The number of alkyl halides is 2. The third-order valence-corrected chi connectivity index (χ3v) is 2.97. The summed E-state index contributed by atoms with van der Waals surface area (Å²) in [5, 5.41) is 0. The summed E-state index contributed by atoms with van der Waals surface area (Å²) in [4.78, 5) is 12.0. The van der Waals surface area contributed by atoms with Gasteiger partial charge in [0.25, 0.3) is 0 Å². The molecule has 0 unspecified atom stereocenters. The molecule has 6 heteroatoms. The highest BCUT2D eigenvalue weighted by Gasteiger charge is 2.10. The van der Waals surface area contributed by atoms with E-state index in [0.29, 0.717) is 11.3 Å². The minimum atomic E-state index is -2.89. The van der Waals surface area contributed by atoms with E-state index in [2.05, 4.69) is 4.74 Å². The highest BCUT2D eigenvalue weighted by molar-refractivity contribution is 6.07. The van der Waals surface area contributed by atoms with Crippen LogP contribution in [-0.2, 0) is 0 Å². The van der Waals surface area contributed by atoms with Crippen LogP contribution in [0, 0.1) is 5.82 Å². The summed E-state index contributed by atoms with van der Waals surface area (Å²) in [5.74, 6) is -0.861. The number of carbonyl (C=O) groups is 1. The number of carbonyl (C=O) groups excluding carboxylic acids is 1. The van der Waals surface area contributed by atoms with Crippen LogP contribution in [0.4, 0.5) is 13.2 Å². The fraction of sp³-hybridized carbons (Fsp3) is 0.118. The molecule has 3 nitrogen and oxygen atoms in total. The van der Waals surface area contributed by atoms with Gasteiger partial charge in [-0.1, -0.05) is 18.2 Å². The molecule has 2 aromatic rings. The summed E-state index contributed by atoms with van der Waals surface area (Å²) in [7, 11) is 1.40. The van der Waals surface area contributed by atoms with Crippen molar-refractivity contribution in [1.82, 2.24) is 0 Å². The number of benzene rings is 2. The maximum Gasteiger partial charge on any atom is 0.387 e. The fourth-order valence-electron chi connectivity index (χ4n) is 1.84. The molecule has 0 spiro atoms. The summed E-state index contributed by atoms with van der Waals surface area (Å²) in [6, 6.07) is 9.66. The SMILES string of the molecule is COc1ccc(C(=O)/C=C/c2ccc(OC(F)F)cc2)c(F)c1. The van der Waals surface area contributed by atoms with Crippen LogP contribution in [0.2, 0.25) is 0 Å². The third-order valence-electron chi connectivity index (χ3n) is 2.97. The maximum atomic E-state index is 13.8. The van der Waals surface area contributed by atoms with Gasteiger partial charge in [-0.25, -0.2) is 4.39 Å². The molecule has 2 rings (SSSR count). The van der Waals surface area contributed by atoms with E-state index < -0.39 is 18.2 Å². The molecule has 0 saturated carbocycles. The Kier molecular flexibility index (Phi) is 5.41. The first kappa shape index (κ1) is 16.6. The predicted octanol–water partition coefficient (Wildman–Crippen LogP) is 4.33. The normalized spacial score (nSPS) is 11.0. The smallest absolute Gasteiger partial charge is 0.387 e. The van der Waals surface area contributed by atoms with Crippen molar-refractivity contribution < 1.29 is 27.4 Å². The molecule has 0 aliphatic carbocycles. The molecule has 0 aliphatic heterocycles. The summed E-state index contributed by atoms with van der Waals surface area (Å²) in [5.41, 5.74) is 0.508. The molecule has 0 radical (unpaired) electrons. The Morgan fingerprint density at radius 2 is 1.74 bits per heavy atom. The van der Waals surface area contributed by atoms with Gasteiger partial charge in [-0.05, 0) is 35.9 Å². The van der Waals surface area contributed by atoms with Gasteiger partial charge in [0.05, 0.1) is 12.7 Å². The van der Waals surface area contributed by atoms with Crippen LogP contribution in [0.25, 0.3) is 6.08 Å². The lowest BCUT2D eigenvalue weighted by Gasteiger charge is -2.04. The van der Waals surface area contributed by atoms with Crippen molar-refractivity contribution in [1.29, 1.82) is 0 Å². The average Bonchev–Trinajstić information content (AvgIpc) is 2.53. The van der Waals surface area contributed by atoms with Gasteiger partial charge in [0, 0.05) is 6.07 Å². The zero-order chi connectivity index (χ0) is 16.8. The molecule has 0 fully saturated rings. The van der Waals surface area contributed by atoms with Gasteiger partial charge in [-0.3, -0.25) is 4.79 Å². The van der Waals surface area contributed by atoms with E-state index in [1.54, 1.807) is 0 Å². The van der Waals surface area contributed by atoms with Gasteiger partial charge < -0.3 is 9.47 Å². The summed E-state index contributed by atoms with van der Waals surface area (Å²) < 4.78 is 46.9. The van der Waals surface area contributed by atoms with Crippen molar-refractivity contribution in [3.63, 3.8) is 0 Å². The lowest BCUT2D eigenvalue weighted by Crippen LogP contribution is -2.01. The van der Waals surface area contributed by atoms with Gasteiger partial charge >= 0.3 is 6.61 Å². The number of halogens is 3. The van der Waals surface area contributed by atoms with Crippen molar-refractivity contribution in [3.8, 4) is 11.5 Å². The number of hydrogen-bond acceptors (Lipinski definition) is 3. The lowest BCUT2D eigenvalue weighted by molar-refractivity contribution is -0.0498. The van der Waals surface area contributed by atoms with Gasteiger partial charge in [0.2, 0.25) is 0 Å². The molecule has 2 aromatic carbocycles.